The zero-order chi connectivity index (χ0) is 8.10. The van der Waals surface area contributed by atoms with Gasteiger partial charge in [0.15, 0.2) is 6.21 Å². The third kappa shape index (κ3) is 1.80. The van der Waals surface area contributed by atoms with Gasteiger partial charge in [-0.3, -0.25) is 0 Å². The number of benzene rings is 1. The van der Waals surface area contributed by atoms with Crippen molar-refractivity contribution in [1.82, 2.24) is 0 Å². The largest absolute Gasteiger partial charge is 0.625 e. The minimum atomic E-state index is 0.591. The first-order chi connectivity index (χ1) is 5.36. The normalized spacial score (nSPS) is 9.73. The molecule has 54 valence electrons. The fourth-order valence-corrected chi connectivity index (χ4v) is 0.722. The molecule has 0 spiro atoms. The van der Waals surface area contributed by atoms with Crippen molar-refractivity contribution >= 4 is 6.21 Å². The maximum atomic E-state index is 9.88. The quantitative estimate of drug-likeness (QED) is 0.331. The third-order valence-corrected chi connectivity index (χ3v) is 1.27. The molecule has 0 bridgehead atoms. The third-order valence-electron chi connectivity index (χ3n) is 1.27. The molecule has 1 aromatic carbocycles. The Labute approximate surface area is 64.2 Å². The van der Waals surface area contributed by atoms with Gasteiger partial charge in [0.1, 0.15) is 0 Å². The molecule has 1 N–H and O–H groups in total. The molecule has 1 rings (SSSR count). The lowest BCUT2D eigenvalue weighted by atomic mass is 10.2. The Morgan fingerprint density at radius 2 is 2.00 bits per heavy atom. The molecule has 0 unspecified atom stereocenters. The summed E-state index contributed by atoms with van der Waals surface area (Å²) in [7, 11) is 0. The van der Waals surface area contributed by atoms with Crippen LogP contribution in [0.25, 0.3) is 0 Å². The number of rotatable bonds is 1. The fraction of sp³-hybridized carbons (Fsp3) is 0. The van der Waals surface area contributed by atoms with Gasteiger partial charge in [0.05, 0.1) is 11.6 Å². The van der Waals surface area contributed by atoms with Gasteiger partial charge in [-0.05, 0) is 24.3 Å². The van der Waals surface area contributed by atoms with Crippen LogP contribution in [0, 0.1) is 16.5 Å². The zero-order valence-electron chi connectivity index (χ0n) is 5.74. The van der Waals surface area contributed by atoms with Crippen LogP contribution < -0.4 is 5.16 Å². The Bertz CT molecular complexity index is 295. The summed E-state index contributed by atoms with van der Waals surface area (Å²) in [6.07, 6.45) is 1.32. The molecule has 0 fully saturated rings. The summed E-state index contributed by atoms with van der Waals surface area (Å²) in [4.78, 5) is 0. The first-order valence-corrected chi connectivity index (χ1v) is 3.08. The van der Waals surface area contributed by atoms with Gasteiger partial charge in [-0.25, -0.2) is 5.16 Å². The predicted octanol–water partition coefficient (Wildman–Crippen LogP) is -0.444. The standard InChI is InChI=1S/C8H6N2O/c9-5-7-1-3-8(4-2-7)6-10-11/h1-4,6,10H. The molecular weight excluding hydrogens is 140 g/mol. The Balaban J connectivity index is 2.94. The highest BCUT2D eigenvalue weighted by Gasteiger charge is 1.90. The van der Waals surface area contributed by atoms with Crippen LogP contribution in [0.3, 0.4) is 0 Å². The van der Waals surface area contributed by atoms with E-state index >= 15 is 0 Å². The maximum Gasteiger partial charge on any atom is 0.179 e. The van der Waals surface area contributed by atoms with Gasteiger partial charge in [0.2, 0.25) is 0 Å². The Morgan fingerprint density at radius 1 is 1.36 bits per heavy atom. The molecular formula is C8H6N2O. The van der Waals surface area contributed by atoms with E-state index in [-0.39, 0.29) is 0 Å². The number of hydrogen-bond acceptors (Lipinski definition) is 2. The molecule has 3 nitrogen and oxygen atoms in total. The van der Waals surface area contributed by atoms with Gasteiger partial charge in [0, 0.05) is 5.56 Å². The lowest BCUT2D eigenvalue weighted by Crippen LogP contribution is -2.60. The smallest absolute Gasteiger partial charge is 0.179 e. The number of nitrogens with zero attached hydrogens (tertiary/aromatic N) is 1. The van der Waals surface area contributed by atoms with E-state index in [9.17, 15) is 5.21 Å². The molecule has 0 heterocycles. The molecule has 0 aliphatic carbocycles. The highest BCUT2D eigenvalue weighted by molar-refractivity contribution is 5.75. The highest BCUT2D eigenvalue weighted by atomic mass is 16.4. The zero-order valence-corrected chi connectivity index (χ0v) is 5.74. The summed E-state index contributed by atoms with van der Waals surface area (Å²) in [5, 5.41) is 20.0. The van der Waals surface area contributed by atoms with Crippen LogP contribution in [0.2, 0.25) is 0 Å². The van der Waals surface area contributed by atoms with Crippen molar-refractivity contribution in [3.63, 3.8) is 0 Å². The van der Waals surface area contributed by atoms with E-state index in [0.29, 0.717) is 5.56 Å². The van der Waals surface area contributed by atoms with E-state index in [1.165, 1.54) is 6.21 Å². The van der Waals surface area contributed by atoms with Gasteiger partial charge < -0.3 is 5.21 Å². The summed E-state index contributed by atoms with van der Waals surface area (Å²) >= 11 is 0. The Hall–Kier alpha value is -1.82. The number of hydrogen-bond donors (Lipinski definition) is 1. The topological polar surface area (TPSA) is 60.8 Å². The van der Waals surface area contributed by atoms with E-state index in [2.05, 4.69) is 0 Å². The van der Waals surface area contributed by atoms with Crippen LogP contribution in [-0.2, 0) is 0 Å². The van der Waals surface area contributed by atoms with Crippen molar-refractivity contribution in [3.05, 3.63) is 40.6 Å². The summed E-state index contributed by atoms with van der Waals surface area (Å²) in [6, 6.07) is 8.69. The Kier molecular flexibility index (Phi) is 2.24. The van der Waals surface area contributed by atoms with E-state index in [4.69, 9.17) is 5.26 Å². The minimum Gasteiger partial charge on any atom is -0.625 e. The summed E-state index contributed by atoms with van der Waals surface area (Å²) in [5.41, 5.74) is 1.35. The first-order valence-electron chi connectivity index (χ1n) is 3.08. The lowest BCUT2D eigenvalue weighted by molar-refractivity contribution is -0.366. The number of nitriles is 1. The minimum absolute atomic E-state index is 0.591. The summed E-state index contributed by atoms with van der Waals surface area (Å²) < 4.78 is 0. The van der Waals surface area contributed by atoms with Gasteiger partial charge in [-0.2, -0.15) is 5.26 Å². The van der Waals surface area contributed by atoms with Crippen LogP contribution in [0.15, 0.2) is 24.3 Å². The molecule has 0 saturated heterocycles. The second-order valence-corrected chi connectivity index (χ2v) is 2.00. The van der Waals surface area contributed by atoms with Crippen molar-refractivity contribution in [2.24, 2.45) is 0 Å². The van der Waals surface area contributed by atoms with Crippen LogP contribution in [0.5, 0.6) is 0 Å². The van der Waals surface area contributed by atoms with Crippen LogP contribution >= 0.6 is 0 Å². The van der Waals surface area contributed by atoms with Gasteiger partial charge in [-0.1, -0.05) is 0 Å². The van der Waals surface area contributed by atoms with Crippen molar-refractivity contribution in [2.45, 2.75) is 0 Å². The molecule has 1 aromatic rings. The molecule has 0 aliphatic heterocycles. The molecule has 3 heteroatoms. The first kappa shape index (κ1) is 7.29. The molecule has 0 amide bonds. The average molecular weight is 146 g/mol. The SMILES string of the molecule is N#Cc1ccc(C=[NH+][O-])cc1. The van der Waals surface area contributed by atoms with E-state index < -0.39 is 0 Å². The van der Waals surface area contributed by atoms with Gasteiger partial charge >= 0.3 is 0 Å². The molecule has 0 aromatic heterocycles. The van der Waals surface area contributed by atoms with Gasteiger partial charge in [-0.15, -0.1) is 0 Å². The summed E-state index contributed by atoms with van der Waals surface area (Å²) in [5.74, 6) is 0. The molecule has 11 heavy (non-hydrogen) atoms. The average Bonchev–Trinajstić information content (AvgIpc) is 2.07. The van der Waals surface area contributed by atoms with Crippen molar-refractivity contribution < 1.29 is 5.16 Å². The highest BCUT2D eigenvalue weighted by Crippen LogP contribution is 1.98. The van der Waals surface area contributed by atoms with Gasteiger partial charge in [0.25, 0.3) is 0 Å². The molecule has 0 aliphatic rings. The summed E-state index contributed by atoms with van der Waals surface area (Å²) in [6.45, 7) is 0. The molecule has 0 radical (unpaired) electrons. The van der Waals surface area contributed by atoms with Crippen molar-refractivity contribution in [3.8, 4) is 6.07 Å². The predicted molar refractivity (Wildman–Crippen MR) is 40.7 cm³/mol. The van der Waals surface area contributed by atoms with Crippen LogP contribution in [0.4, 0.5) is 0 Å². The molecule has 0 saturated carbocycles. The number of nitrogens with one attached hydrogen (secondary N) is 1. The monoisotopic (exact) mass is 146 g/mol. The maximum absolute atomic E-state index is 9.88. The van der Waals surface area contributed by atoms with Crippen molar-refractivity contribution in [1.29, 1.82) is 5.26 Å². The van der Waals surface area contributed by atoms with E-state index in [0.717, 1.165) is 5.56 Å². The van der Waals surface area contributed by atoms with E-state index in [1.807, 2.05) is 6.07 Å². The molecule has 0 atom stereocenters. The second-order valence-electron chi connectivity index (χ2n) is 2.00. The van der Waals surface area contributed by atoms with Crippen molar-refractivity contribution in [2.75, 3.05) is 0 Å². The Morgan fingerprint density at radius 3 is 2.45 bits per heavy atom. The van der Waals surface area contributed by atoms with Crippen LogP contribution in [-0.4, -0.2) is 6.21 Å². The van der Waals surface area contributed by atoms with E-state index in [1.54, 1.807) is 29.4 Å². The second kappa shape index (κ2) is 3.37. The van der Waals surface area contributed by atoms with Crippen LogP contribution in [0.1, 0.15) is 11.1 Å². The lowest BCUT2D eigenvalue weighted by Gasteiger charge is -1.88. The fourth-order valence-electron chi connectivity index (χ4n) is 0.722.